The van der Waals surface area contributed by atoms with Gasteiger partial charge in [-0.1, -0.05) is 23.2 Å². The highest BCUT2D eigenvalue weighted by molar-refractivity contribution is 6.36. The zero-order valence-electron chi connectivity index (χ0n) is 10.1. The summed E-state index contributed by atoms with van der Waals surface area (Å²) in [6.07, 6.45) is 2.38. The largest absolute Gasteiger partial charge is 0.506 e. The summed E-state index contributed by atoms with van der Waals surface area (Å²) in [5.74, 6) is 0.0610. The lowest BCUT2D eigenvalue weighted by atomic mass is 10.2. The van der Waals surface area contributed by atoms with E-state index in [0.717, 1.165) is 37.9 Å². The fraction of sp³-hybridized carbons (Fsp3) is 0.538. The first-order valence-electron chi connectivity index (χ1n) is 6.14. The van der Waals surface area contributed by atoms with E-state index in [4.69, 9.17) is 23.2 Å². The summed E-state index contributed by atoms with van der Waals surface area (Å²) in [4.78, 5) is 2.21. The summed E-state index contributed by atoms with van der Waals surface area (Å²) in [6, 6.07) is 3.16. The predicted octanol–water partition coefficient (Wildman–Crippen LogP) is 3.05. The van der Waals surface area contributed by atoms with Gasteiger partial charge in [-0.25, -0.2) is 0 Å². The van der Waals surface area contributed by atoms with E-state index in [9.17, 15) is 10.2 Å². The molecule has 1 aliphatic rings. The van der Waals surface area contributed by atoms with Gasteiger partial charge in [-0.3, -0.25) is 4.90 Å². The first-order chi connectivity index (χ1) is 8.58. The van der Waals surface area contributed by atoms with E-state index in [0.29, 0.717) is 16.6 Å². The number of halogens is 2. The van der Waals surface area contributed by atoms with Crippen LogP contribution in [0.3, 0.4) is 0 Å². The van der Waals surface area contributed by atoms with Gasteiger partial charge in [-0.05, 0) is 37.9 Å². The van der Waals surface area contributed by atoms with Crippen molar-refractivity contribution < 1.29 is 10.2 Å². The summed E-state index contributed by atoms with van der Waals surface area (Å²) in [5, 5.41) is 20.1. The molecule has 5 heteroatoms. The van der Waals surface area contributed by atoms with Gasteiger partial charge in [-0.15, -0.1) is 0 Å². The Morgan fingerprint density at radius 2 is 2.00 bits per heavy atom. The van der Waals surface area contributed by atoms with Crippen molar-refractivity contribution in [2.75, 3.05) is 13.1 Å². The molecule has 1 fully saturated rings. The van der Waals surface area contributed by atoms with Crippen LogP contribution in [0.5, 0.6) is 5.75 Å². The van der Waals surface area contributed by atoms with Crippen molar-refractivity contribution in [3.8, 4) is 5.75 Å². The molecule has 0 aliphatic carbocycles. The number of aliphatic hydroxyl groups is 1. The standard InChI is InChI=1S/C13H17Cl2NO2/c14-11-3-4-12(18)13(15)10(11)8-16-6-1-2-9(17)5-7-16/h3-4,9,17-18H,1-2,5-8H2. The highest BCUT2D eigenvalue weighted by atomic mass is 35.5. The quantitative estimate of drug-likeness (QED) is 0.880. The van der Waals surface area contributed by atoms with Crippen molar-refractivity contribution in [3.05, 3.63) is 27.7 Å². The molecule has 0 radical (unpaired) electrons. The normalized spacial score (nSPS) is 21.8. The average molecular weight is 290 g/mol. The Labute approximate surface area is 117 Å². The minimum Gasteiger partial charge on any atom is -0.506 e. The maximum absolute atomic E-state index is 9.61. The third-order valence-electron chi connectivity index (χ3n) is 3.34. The van der Waals surface area contributed by atoms with Gasteiger partial charge in [0, 0.05) is 23.7 Å². The summed E-state index contributed by atoms with van der Waals surface area (Å²) >= 11 is 12.2. The van der Waals surface area contributed by atoms with Crippen LogP contribution in [0.1, 0.15) is 24.8 Å². The zero-order chi connectivity index (χ0) is 13.1. The van der Waals surface area contributed by atoms with Crippen LogP contribution in [-0.2, 0) is 6.54 Å². The number of phenols is 1. The molecule has 1 aromatic rings. The molecule has 3 nitrogen and oxygen atoms in total. The van der Waals surface area contributed by atoms with E-state index >= 15 is 0 Å². The Bertz CT molecular complexity index is 426. The molecule has 18 heavy (non-hydrogen) atoms. The van der Waals surface area contributed by atoms with Gasteiger partial charge in [0.25, 0.3) is 0 Å². The molecule has 0 aromatic heterocycles. The third kappa shape index (κ3) is 3.29. The number of phenolic OH excluding ortho intramolecular Hbond substituents is 1. The lowest BCUT2D eigenvalue weighted by Crippen LogP contribution is -2.25. The number of benzene rings is 1. The molecule has 0 spiro atoms. The van der Waals surface area contributed by atoms with Gasteiger partial charge >= 0.3 is 0 Å². The van der Waals surface area contributed by atoms with Gasteiger partial charge in [-0.2, -0.15) is 0 Å². The van der Waals surface area contributed by atoms with Crippen molar-refractivity contribution in [2.45, 2.75) is 31.9 Å². The molecule has 1 saturated heterocycles. The van der Waals surface area contributed by atoms with Crippen LogP contribution in [-0.4, -0.2) is 34.3 Å². The Balaban J connectivity index is 2.11. The van der Waals surface area contributed by atoms with E-state index in [1.54, 1.807) is 6.07 Å². The van der Waals surface area contributed by atoms with Crippen LogP contribution in [0, 0.1) is 0 Å². The number of likely N-dealkylation sites (tertiary alicyclic amines) is 1. The van der Waals surface area contributed by atoms with Crippen molar-refractivity contribution >= 4 is 23.2 Å². The smallest absolute Gasteiger partial charge is 0.134 e. The fourth-order valence-corrected chi connectivity index (χ4v) is 2.74. The maximum atomic E-state index is 9.61. The summed E-state index contributed by atoms with van der Waals surface area (Å²) < 4.78 is 0. The molecule has 1 atom stereocenters. The van der Waals surface area contributed by atoms with E-state index in [1.165, 1.54) is 6.07 Å². The Hall–Kier alpha value is -0.480. The van der Waals surface area contributed by atoms with Crippen LogP contribution >= 0.6 is 23.2 Å². The number of aromatic hydroxyl groups is 1. The van der Waals surface area contributed by atoms with E-state index in [-0.39, 0.29) is 11.9 Å². The SMILES string of the molecule is Oc1ccc(Cl)c(CN2CCCC(O)CC2)c1Cl. The minimum absolute atomic E-state index is 0.0610. The Morgan fingerprint density at radius 1 is 1.22 bits per heavy atom. The predicted molar refractivity (Wildman–Crippen MR) is 73.3 cm³/mol. The minimum atomic E-state index is -0.204. The van der Waals surface area contributed by atoms with Gasteiger partial charge in [0.15, 0.2) is 0 Å². The molecule has 0 bridgehead atoms. The Kier molecular flexibility index (Phi) is 4.73. The lowest BCUT2D eigenvalue weighted by molar-refractivity contribution is 0.154. The average Bonchev–Trinajstić information content (AvgIpc) is 2.55. The molecule has 0 saturated carbocycles. The van der Waals surface area contributed by atoms with Crippen molar-refractivity contribution in [1.82, 2.24) is 4.90 Å². The van der Waals surface area contributed by atoms with Crippen LogP contribution in [0.4, 0.5) is 0 Å². The monoisotopic (exact) mass is 289 g/mol. The van der Waals surface area contributed by atoms with Crippen LogP contribution in [0.25, 0.3) is 0 Å². The second kappa shape index (κ2) is 6.11. The van der Waals surface area contributed by atoms with E-state index in [2.05, 4.69) is 4.90 Å². The van der Waals surface area contributed by atoms with Crippen LogP contribution in [0.2, 0.25) is 10.0 Å². The zero-order valence-corrected chi connectivity index (χ0v) is 11.6. The number of rotatable bonds is 2. The second-order valence-electron chi connectivity index (χ2n) is 4.72. The van der Waals surface area contributed by atoms with Crippen molar-refractivity contribution in [1.29, 1.82) is 0 Å². The first kappa shape index (κ1) is 13.9. The highest BCUT2D eigenvalue weighted by Gasteiger charge is 2.18. The summed E-state index contributed by atoms with van der Waals surface area (Å²) in [5.41, 5.74) is 0.759. The van der Waals surface area contributed by atoms with Crippen molar-refractivity contribution in [2.24, 2.45) is 0 Å². The van der Waals surface area contributed by atoms with E-state index < -0.39 is 0 Å². The van der Waals surface area contributed by atoms with Gasteiger partial charge in [0.1, 0.15) is 5.75 Å². The molecule has 1 heterocycles. The molecule has 2 rings (SSSR count). The highest BCUT2D eigenvalue weighted by Crippen LogP contribution is 2.33. The van der Waals surface area contributed by atoms with Gasteiger partial charge in [0.05, 0.1) is 11.1 Å². The van der Waals surface area contributed by atoms with Gasteiger partial charge in [0.2, 0.25) is 0 Å². The molecular formula is C13H17Cl2NO2. The van der Waals surface area contributed by atoms with Crippen molar-refractivity contribution in [3.63, 3.8) is 0 Å². The second-order valence-corrected chi connectivity index (χ2v) is 5.51. The van der Waals surface area contributed by atoms with E-state index in [1.807, 2.05) is 0 Å². The number of hydrogen-bond donors (Lipinski definition) is 2. The Morgan fingerprint density at radius 3 is 2.78 bits per heavy atom. The molecular weight excluding hydrogens is 273 g/mol. The van der Waals surface area contributed by atoms with Gasteiger partial charge < -0.3 is 10.2 Å². The molecule has 0 amide bonds. The summed E-state index contributed by atoms with van der Waals surface area (Å²) in [6.45, 7) is 2.35. The van der Waals surface area contributed by atoms with Crippen LogP contribution < -0.4 is 0 Å². The first-order valence-corrected chi connectivity index (χ1v) is 6.90. The lowest BCUT2D eigenvalue weighted by Gasteiger charge is -2.21. The number of aliphatic hydroxyl groups excluding tert-OH is 1. The van der Waals surface area contributed by atoms with Crippen LogP contribution in [0.15, 0.2) is 12.1 Å². The molecule has 100 valence electrons. The molecule has 1 unspecified atom stereocenters. The fourth-order valence-electron chi connectivity index (χ4n) is 2.25. The number of hydrogen-bond acceptors (Lipinski definition) is 3. The summed E-state index contributed by atoms with van der Waals surface area (Å²) in [7, 11) is 0. The third-order valence-corrected chi connectivity index (χ3v) is 4.11. The molecule has 1 aliphatic heterocycles. The molecule has 1 aromatic carbocycles. The number of nitrogens with zero attached hydrogens (tertiary/aromatic N) is 1. The topological polar surface area (TPSA) is 43.7 Å². The maximum Gasteiger partial charge on any atom is 0.134 e. The molecule has 2 N–H and O–H groups in total.